The minimum atomic E-state index is -0.116. The summed E-state index contributed by atoms with van der Waals surface area (Å²) >= 11 is 0. The Balaban J connectivity index is 0. The van der Waals surface area contributed by atoms with Crippen LogP contribution >= 0.6 is 0 Å². The largest absolute Gasteiger partial charge is 0.393 e. The first kappa shape index (κ1) is 13.5. The maximum absolute atomic E-state index is 8.55. The van der Waals surface area contributed by atoms with Gasteiger partial charge in [0.15, 0.2) is 0 Å². The summed E-state index contributed by atoms with van der Waals surface area (Å²) in [7, 11) is 0. The highest BCUT2D eigenvalue weighted by molar-refractivity contribution is 4.40. The van der Waals surface area contributed by atoms with Crippen LogP contribution in [0.5, 0.6) is 0 Å². The number of hydrogen-bond acceptors (Lipinski definition) is 2. The van der Waals surface area contributed by atoms with E-state index in [0.29, 0.717) is 0 Å². The van der Waals surface area contributed by atoms with Gasteiger partial charge >= 0.3 is 0 Å². The lowest BCUT2D eigenvalue weighted by Gasteiger charge is -1.95. The van der Waals surface area contributed by atoms with E-state index >= 15 is 0 Å². The van der Waals surface area contributed by atoms with Gasteiger partial charge < -0.3 is 10.2 Å². The zero-order valence-electron chi connectivity index (χ0n) is 8.17. The van der Waals surface area contributed by atoms with Crippen molar-refractivity contribution in [1.82, 2.24) is 0 Å². The van der Waals surface area contributed by atoms with Crippen LogP contribution in [0.25, 0.3) is 0 Å². The molecule has 2 N–H and O–H groups in total. The molecule has 0 aromatic carbocycles. The third-order valence-corrected chi connectivity index (χ3v) is 1.30. The van der Waals surface area contributed by atoms with Crippen LogP contribution in [-0.4, -0.2) is 22.4 Å². The van der Waals surface area contributed by atoms with E-state index < -0.39 is 0 Å². The normalized spacial score (nSPS) is 14.7. The Hall–Kier alpha value is -0.0800. The quantitative estimate of drug-likeness (QED) is 0.666. The SMILES string of the molecule is CCC(C)O.CCCC(C)O. The maximum atomic E-state index is 8.55. The molecule has 0 saturated carbocycles. The van der Waals surface area contributed by atoms with Crippen molar-refractivity contribution in [3.05, 3.63) is 0 Å². The molecule has 2 nitrogen and oxygen atoms in total. The van der Waals surface area contributed by atoms with Crippen molar-refractivity contribution in [2.45, 2.75) is 59.2 Å². The second-order valence-corrected chi connectivity index (χ2v) is 2.89. The summed E-state index contributed by atoms with van der Waals surface area (Å²) in [6.45, 7) is 7.60. The van der Waals surface area contributed by atoms with Gasteiger partial charge in [0.1, 0.15) is 0 Å². The van der Waals surface area contributed by atoms with Gasteiger partial charge in [0.25, 0.3) is 0 Å². The fourth-order valence-corrected chi connectivity index (χ4v) is 0.418. The summed E-state index contributed by atoms with van der Waals surface area (Å²) in [4.78, 5) is 0. The van der Waals surface area contributed by atoms with E-state index in [0.717, 1.165) is 19.3 Å². The fraction of sp³-hybridized carbons (Fsp3) is 1.00. The molecule has 0 bridgehead atoms. The number of aliphatic hydroxyl groups is 2. The predicted octanol–water partition coefficient (Wildman–Crippen LogP) is 1.94. The monoisotopic (exact) mass is 162 g/mol. The highest BCUT2D eigenvalue weighted by atomic mass is 16.3. The van der Waals surface area contributed by atoms with Crippen LogP contribution in [0.1, 0.15) is 47.0 Å². The molecule has 0 fully saturated rings. The lowest BCUT2D eigenvalue weighted by Crippen LogP contribution is -1.95. The van der Waals surface area contributed by atoms with Gasteiger partial charge in [-0.15, -0.1) is 0 Å². The summed E-state index contributed by atoms with van der Waals surface area (Å²) in [5.74, 6) is 0. The van der Waals surface area contributed by atoms with Gasteiger partial charge in [0.2, 0.25) is 0 Å². The van der Waals surface area contributed by atoms with Crippen molar-refractivity contribution in [3.63, 3.8) is 0 Å². The van der Waals surface area contributed by atoms with Crippen LogP contribution in [0.15, 0.2) is 0 Å². The van der Waals surface area contributed by atoms with Crippen molar-refractivity contribution in [2.24, 2.45) is 0 Å². The molecular weight excluding hydrogens is 140 g/mol. The molecule has 11 heavy (non-hydrogen) atoms. The molecule has 2 heteroatoms. The summed E-state index contributed by atoms with van der Waals surface area (Å²) in [5.41, 5.74) is 0. The second kappa shape index (κ2) is 9.92. The molecule has 0 aliphatic rings. The maximum Gasteiger partial charge on any atom is 0.0512 e. The zero-order valence-corrected chi connectivity index (χ0v) is 8.17. The average Bonchev–Trinajstić information content (AvgIpc) is 1.89. The molecule has 0 spiro atoms. The third kappa shape index (κ3) is 25.7. The average molecular weight is 162 g/mol. The van der Waals surface area contributed by atoms with Gasteiger partial charge in [-0.1, -0.05) is 20.3 Å². The molecule has 0 aliphatic carbocycles. The molecule has 0 aromatic heterocycles. The smallest absolute Gasteiger partial charge is 0.0512 e. The van der Waals surface area contributed by atoms with Gasteiger partial charge in [0.05, 0.1) is 12.2 Å². The molecule has 0 saturated heterocycles. The van der Waals surface area contributed by atoms with Crippen molar-refractivity contribution in [3.8, 4) is 0 Å². The molecule has 0 rings (SSSR count). The molecule has 0 aliphatic heterocycles. The van der Waals surface area contributed by atoms with Crippen molar-refractivity contribution >= 4 is 0 Å². The first-order chi connectivity index (χ1) is 5.04. The first-order valence-corrected chi connectivity index (χ1v) is 4.40. The topological polar surface area (TPSA) is 40.5 Å². The van der Waals surface area contributed by atoms with Gasteiger partial charge in [0, 0.05) is 0 Å². The summed E-state index contributed by atoms with van der Waals surface area (Å²) in [5, 5.41) is 16.9. The Morgan fingerprint density at radius 1 is 1.00 bits per heavy atom. The van der Waals surface area contributed by atoms with Gasteiger partial charge in [-0.3, -0.25) is 0 Å². The van der Waals surface area contributed by atoms with E-state index in [1.165, 1.54) is 0 Å². The standard InChI is InChI=1S/C5H12O.C4H10O/c1-3-4-5(2)6;1-3-4(2)5/h5-6H,3-4H2,1-2H3;4-5H,3H2,1-2H3. The molecule has 0 aromatic rings. The van der Waals surface area contributed by atoms with E-state index in [1.54, 1.807) is 6.92 Å². The number of hydrogen-bond donors (Lipinski definition) is 2. The van der Waals surface area contributed by atoms with Crippen LogP contribution in [0.3, 0.4) is 0 Å². The van der Waals surface area contributed by atoms with Gasteiger partial charge in [-0.25, -0.2) is 0 Å². The van der Waals surface area contributed by atoms with Crippen molar-refractivity contribution in [2.75, 3.05) is 0 Å². The van der Waals surface area contributed by atoms with Gasteiger partial charge in [-0.05, 0) is 26.7 Å². The molecule has 2 atom stereocenters. The van der Waals surface area contributed by atoms with E-state index in [-0.39, 0.29) is 12.2 Å². The van der Waals surface area contributed by atoms with E-state index in [9.17, 15) is 0 Å². The molecule has 0 amide bonds. The lowest BCUT2D eigenvalue weighted by molar-refractivity contribution is 0.183. The van der Waals surface area contributed by atoms with Crippen LogP contribution in [-0.2, 0) is 0 Å². The summed E-state index contributed by atoms with van der Waals surface area (Å²) < 4.78 is 0. The third-order valence-electron chi connectivity index (χ3n) is 1.30. The van der Waals surface area contributed by atoms with Crippen molar-refractivity contribution < 1.29 is 10.2 Å². The second-order valence-electron chi connectivity index (χ2n) is 2.89. The molecular formula is C9H22O2. The first-order valence-electron chi connectivity index (χ1n) is 4.40. The summed E-state index contributed by atoms with van der Waals surface area (Å²) in [6.07, 6.45) is 2.66. The Kier molecular flexibility index (Phi) is 12.2. The van der Waals surface area contributed by atoms with E-state index in [4.69, 9.17) is 10.2 Å². The molecule has 0 radical (unpaired) electrons. The minimum Gasteiger partial charge on any atom is -0.393 e. The van der Waals surface area contributed by atoms with Crippen LogP contribution in [0.4, 0.5) is 0 Å². The van der Waals surface area contributed by atoms with Crippen LogP contribution < -0.4 is 0 Å². The van der Waals surface area contributed by atoms with Gasteiger partial charge in [-0.2, -0.15) is 0 Å². The zero-order chi connectivity index (χ0) is 9.28. The van der Waals surface area contributed by atoms with Crippen LogP contribution in [0, 0.1) is 0 Å². The number of rotatable bonds is 3. The lowest BCUT2D eigenvalue weighted by atomic mass is 10.2. The van der Waals surface area contributed by atoms with Crippen molar-refractivity contribution in [1.29, 1.82) is 0 Å². The Morgan fingerprint density at radius 2 is 1.36 bits per heavy atom. The Morgan fingerprint density at radius 3 is 1.36 bits per heavy atom. The summed E-state index contributed by atoms with van der Waals surface area (Å²) in [6, 6.07) is 0. The van der Waals surface area contributed by atoms with E-state index in [2.05, 4.69) is 6.92 Å². The number of aliphatic hydroxyl groups excluding tert-OH is 2. The van der Waals surface area contributed by atoms with Crippen LogP contribution in [0.2, 0.25) is 0 Å². The molecule has 70 valence electrons. The molecule has 0 heterocycles. The Labute approximate surface area is 70.3 Å². The minimum absolute atomic E-state index is 0.102. The highest BCUT2D eigenvalue weighted by Crippen LogP contribution is 1.91. The fourth-order valence-electron chi connectivity index (χ4n) is 0.418. The Bertz CT molecular complexity index is 60.6. The highest BCUT2D eigenvalue weighted by Gasteiger charge is 1.87. The molecule has 2 unspecified atom stereocenters. The van der Waals surface area contributed by atoms with E-state index in [1.807, 2.05) is 13.8 Å². The predicted molar refractivity (Wildman–Crippen MR) is 48.6 cm³/mol.